The topological polar surface area (TPSA) is 29.9 Å². The van der Waals surface area contributed by atoms with Gasteiger partial charge in [-0.3, -0.25) is 4.68 Å². The lowest BCUT2D eigenvalue weighted by atomic mass is 10.0. The van der Waals surface area contributed by atoms with Crippen LogP contribution in [0.1, 0.15) is 41.9 Å². The second-order valence-corrected chi connectivity index (χ2v) is 5.19. The van der Waals surface area contributed by atoms with Gasteiger partial charge in [0.25, 0.3) is 0 Å². The van der Waals surface area contributed by atoms with Gasteiger partial charge < -0.3 is 5.32 Å². The van der Waals surface area contributed by atoms with E-state index < -0.39 is 0 Å². The second-order valence-electron chi connectivity index (χ2n) is 5.19. The number of anilines is 1. The Hall–Kier alpha value is -1.77. The van der Waals surface area contributed by atoms with Gasteiger partial charge in [-0.15, -0.1) is 0 Å². The number of aryl methyl sites for hydroxylation is 3. The third-order valence-electron chi connectivity index (χ3n) is 3.72. The number of nitrogens with zero attached hydrogens (tertiary/aromatic N) is 2. The number of benzene rings is 1. The van der Waals surface area contributed by atoms with Crippen LogP contribution < -0.4 is 5.32 Å². The lowest BCUT2D eigenvalue weighted by molar-refractivity contribution is 0.728. The summed E-state index contributed by atoms with van der Waals surface area (Å²) < 4.78 is 1.93. The lowest BCUT2D eigenvalue weighted by Gasteiger charge is -2.19. The largest absolute Gasteiger partial charge is 0.375 e. The summed E-state index contributed by atoms with van der Waals surface area (Å²) in [6.45, 7) is 8.48. The molecular weight excluding hydrogens is 234 g/mol. The van der Waals surface area contributed by atoms with Crippen molar-refractivity contribution in [2.45, 2.75) is 40.2 Å². The maximum atomic E-state index is 4.46. The molecule has 0 amide bonds. The Morgan fingerprint density at radius 1 is 1.16 bits per heavy atom. The number of hydrogen-bond donors (Lipinski definition) is 1. The number of rotatable bonds is 4. The third-order valence-corrected chi connectivity index (χ3v) is 3.72. The smallest absolute Gasteiger partial charge is 0.0828 e. The van der Waals surface area contributed by atoms with Crippen LogP contribution in [0.5, 0.6) is 0 Å². The predicted molar refractivity (Wildman–Crippen MR) is 80.5 cm³/mol. The highest BCUT2D eigenvalue weighted by atomic mass is 15.3. The Bertz CT molecular complexity index is 552. The van der Waals surface area contributed by atoms with Crippen molar-refractivity contribution in [1.29, 1.82) is 0 Å². The third kappa shape index (κ3) is 2.80. The molecule has 19 heavy (non-hydrogen) atoms. The molecule has 3 heteroatoms. The zero-order valence-corrected chi connectivity index (χ0v) is 12.5. The van der Waals surface area contributed by atoms with E-state index in [0.29, 0.717) is 6.04 Å². The summed E-state index contributed by atoms with van der Waals surface area (Å²) in [6, 6.07) is 9.09. The van der Waals surface area contributed by atoms with Gasteiger partial charge in [-0.25, -0.2) is 0 Å². The average molecular weight is 257 g/mol. The number of aromatic nitrogens is 2. The first kappa shape index (κ1) is 13.7. The van der Waals surface area contributed by atoms with Gasteiger partial charge in [-0.1, -0.05) is 36.8 Å². The van der Waals surface area contributed by atoms with Crippen LogP contribution in [0.3, 0.4) is 0 Å². The SMILES string of the molecule is CCC(Nc1c(C)nn(C)c1C)c1ccc(C)cc1. The van der Waals surface area contributed by atoms with Crippen LogP contribution in [0.15, 0.2) is 24.3 Å². The molecule has 0 aliphatic heterocycles. The number of nitrogens with one attached hydrogen (secondary N) is 1. The molecule has 1 aromatic heterocycles. The number of hydrogen-bond acceptors (Lipinski definition) is 2. The summed E-state index contributed by atoms with van der Waals surface area (Å²) >= 11 is 0. The van der Waals surface area contributed by atoms with E-state index in [1.807, 2.05) is 11.7 Å². The average Bonchev–Trinajstić information content (AvgIpc) is 2.63. The van der Waals surface area contributed by atoms with E-state index in [9.17, 15) is 0 Å². The molecule has 1 atom stereocenters. The molecule has 0 bridgehead atoms. The molecule has 2 rings (SSSR count). The van der Waals surface area contributed by atoms with Crippen LogP contribution in [-0.4, -0.2) is 9.78 Å². The fraction of sp³-hybridized carbons (Fsp3) is 0.438. The van der Waals surface area contributed by atoms with Gasteiger partial charge in [-0.05, 0) is 32.8 Å². The van der Waals surface area contributed by atoms with Crippen molar-refractivity contribution in [2.75, 3.05) is 5.32 Å². The van der Waals surface area contributed by atoms with Gasteiger partial charge in [-0.2, -0.15) is 5.10 Å². The highest BCUT2D eigenvalue weighted by molar-refractivity contribution is 5.53. The molecular formula is C16H23N3. The van der Waals surface area contributed by atoms with Crippen molar-refractivity contribution in [2.24, 2.45) is 7.05 Å². The van der Waals surface area contributed by atoms with Crippen LogP contribution in [0.25, 0.3) is 0 Å². The summed E-state index contributed by atoms with van der Waals surface area (Å²) in [4.78, 5) is 0. The molecule has 0 spiro atoms. The first-order valence-electron chi connectivity index (χ1n) is 6.86. The fourth-order valence-corrected chi connectivity index (χ4v) is 2.38. The summed E-state index contributed by atoms with van der Waals surface area (Å²) in [5.41, 5.74) is 6.03. The monoisotopic (exact) mass is 257 g/mol. The standard InChI is InChI=1S/C16H23N3/c1-6-15(14-9-7-11(2)8-10-14)17-16-12(3)18-19(5)13(16)4/h7-10,15,17H,6H2,1-5H3. The minimum absolute atomic E-state index is 0.335. The van der Waals surface area contributed by atoms with Crippen LogP contribution >= 0.6 is 0 Å². The summed E-state index contributed by atoms with van der Waals surface area (Å²) in [5.74, 6) is 0. The Kier molecular flexibility index (Phi) is 3.93. The molecule has 1 aromatic carbocycles. The maximum absolute atomic E-state index is 4.46. The van der Waals surface area contributed by atoms with Gasteiger partial charge in [0, 0.05) is 7.05 Å². The van der Waals surface area contributed by atoms with Crippen molar-refractivity contribution >= 4 is 5.69 Å². The van der Waals surface area contributed by atoms with E-state index in [0.717, 1.165) is 17.8 Å². The summed E-state index contributed by atoms with van der Waals surface area (Å²) in [6.07, 6.45) is 1.05. The van der Waals surface area contributed by atoms with E-state index >= 15 is 0 Å². The molecule has 1 unspecified atom stereocenters. The van der Waals surface area contributed by atoms with Gasteiger partial charge in [0.1, 0.15) is 0 Å². The van der Waals surface area contributed by atoms with Crippen molar-refractivity contribution < 1.29 is 0 Å². The van der Waals surface area contributed by atoms with Crippen LogP contribution in [-0.2, 0) is 7.05 Å². The molecule has 0 fully saturated rings. The lowest BCUT2D eigenvalue weighted by Crippen LogP contribution is -2.11. The molecule has 102 valence electrons. The van der Waals surface area contributed by atoms with Crippen LogP contribution in [0, 0.1) is 20.8 Å². The van der Waals surface area contributed by atoms with Gasteiger partial charge in [0.15, 0.2) is 0 Å². The Balaban J connectivity index is 2.26. The first-order chi connectivity index (χ1) is 9.02. The molecule has 1 N–H and O–H groups in total. The highest BCUT2D eigenvalue weighted by Crippen LogP contribution is 2.27. The minimum Gasteiger partial charge on any atom is -0.375 e. The second kappa shape index (κ2) is 5.47. The summed E-state index contributed by atoms with van der Waals surface area (Å²) in [5, 5.41) is 8.10. The molecule has 0 saturated carbocycles. The Morgan fingerprint density at radius 3 is 2.26 bits per heavy atom. The molecule has 3 nitrogen and oxygen atoms in total. The van der Waals surface area contributed by atoms with Gasteiger partial charge >= 0.3 is 0 Å². The zero-order chi connectivity index (χ0) is 14.0. The summed E-state index contributed by atoms with van der Waals surface area (Å²) in [7, 11) is 1.99. The van der Waals surface area contributed by atoms with E-state index in [4.69, 9.17) is 0 Å². The van der Waals surface area contributed by atoms with E-state index in [1.54, 1.807) is 0 Å². The molecule has 1 heterocycles. The molecule has 0 aliphatic rings. The molecule has 0 aliphatic carbocycles. The van der Waals surface area contributed by atoms with Crippen molar-refractivity contribution in [3.8, 4) is 0 Å². The Morgan fingerprint density at radius 2 is 1.79 bits per heavy atom. The molecule has 0 radical (unpaired) electrons. The molecule has 0 saturated heterocycles. The minimum atomic E-state index is 0.335. The molecule has 2 aromatic rings. The van der Waals surface area contributed by atoms with E-state index in [1.165, 1.54) is 16.8 Å². The zero-order valence-electron chi connectivity index (χ0n) is 12.5. The van der Waals surface area contributed by atoms with Gasteiger partial charge in [0.2, 0.25) is 0 Å². The maximum Gasteiger partial charge on any atom is 0.0828 e. The van der Waals surface area contributed by atoms with E-state index in [2.05, 4.69) is 62.4 Å². The van der Waals surface area contributed by atoms with Crippen molar-refractivity contribution in [1.82, 2.24) is 9.78 Å². The van der Waals surface area contributed by atoms with Crippen molar-refractivity contribution in [3.63, 3.8) is 0 Å². The first-order valence-corrected chi connectivity index (χ1v) is 6.86. The van der Waals surface area contributed by atoms with Crippen LogP contribution in [0.2, 0.25) is 0 Å². The Labute approximate surface area is 115 Å². The van der Waals surface area contributed by atoms with Crippen molar-refractivity contribution in [3.05, 3.63) is 46.8 Å². The normalized spacial score (nSPS) is 12.5. The van der Waals surface area contributed by atoms with Crippen LogP contribution in [0.4, 0.5) is 5.69 Å². The van der Waals surface area contributed by atoms with E-state index in [-0.39, 0.29) is 0 Å². The fourth-order valence-electron chi connectivity index (χ4n) is 2.38. The highest BCUT2D eigenvalue weighted by Gasteiger charge is 2.14. The van der Waals surface area contributed by atoms with Gasteiger partial charge in [0.05, 0.1) is 23.1 Å². The quantitative estimate of drug-likeness (QED) is 0.900. The predicted octanol–water partition coefficient (Wildman–Crippen LogP) is 3.91.